The van der Waals surface area contributed by atoms with Crippen LogP contribution < -0.4 is 9.46 Å². The number of likely N-dealkylation sites (N-methyl/N-ethyl adjacent to an activating group) is 1. The Morgan fingerprint density at radius 3 is 2.33 bits per heavy atom. The van der Waals surface area contributed by atoms with E-state index in [-0.39, 0.29) is 24.4 Å². The van der Waals surface area contributed by atoms with E-state index in [0.29, 0.717) is 12.4 Å². The number of hydrogen-bond donors (Lipinski definition) is 2. The number of amides is 1. The number of rotatable bonds is 10. The normalized spacial score (nSPS) is 11.1. The van der Waals surface area contributed by atoms with Crippen molar-refractivity contribution in [2.24, 2.45) is 0 Å². The largest absolute Gasteiger partial charge is 0.494 e. The van der Waals surface area contributed by atoms with Gasteiger partial charge in [-0.15, -0.1) is 0 Å². The van der Waals surface area contributed by atoms with E-state index < -0.39 is 28.4 Å². The maximum atomic E-state index is 12.1. The molecule has 0 aliphatic heterocycles. The molecule has 1 aromatic carbocycles. The Balaban J connectivity index is 2.58. The number of nitrogens with one attached hydrogen (secondary N) is 1. The minimum absolute atomic E-state index is 0.0660. The summed E-state index contributed by atoms with van der Waals surface area (Å²) >= 11 is 0. The number of aliphatic carboxylic acids is 1. The number of sulfonamides is 1. The zero-order valence-corrected chi connectivity index (χ0v) is 14.5. The van der Waals surface area contributed by atoms with Gasteiger partial charge in [0.05, 0.1) is 11.5 Å². The lowest BCUT2D eigenvalue weighted by Crippen LogP contribution is -2.37. The molecule has 1 rings (SSSR count). The molecular formula is C15H22N2O6S. The predicted molar refractivity (Wildman–Crippen MR) is 87.3 cm³/mol. The number of carbonyl (C=O) groups excluding carboxylic acids is 1. The summed E-state index contributed by atoms with van der Waals surface area (Å²) in [6.07, 6.45) is -0.114. The Kier molecular flexibility index (Phi) is 7.66. The van der Waals surface area contributed by atoms with E-state index >= 15 is 0 Å². The van der Waals surface area contributed by atoms with Crippen LogP contribution in [0.3, 0.4) is 0 Å². The van der Waals surface area contributed by atoms with Crippen molar-refractivity contribution in [2.75, 3.05) is 26.2 Å². The summed E-state index contributed by atoms with van der Waals surface area (Å²) in [6, 6.07) is 5.93. The third-order valence-electron chi connectivity index (χ3n) is 3.14. The van der Waals surface area contributed by atoms with Crippen molar-refractivity contribution in [1.82, 2.24) is 9.62 Å². The molecule has 0 radical (unpaired) electrons. The van der Waals surface area contributed by atoms with Crippen molar-refractivity contribution in [1.29, 1.82) is 0 Å². The molecule has 0 fully saturated rings. The van der Waals surface area contributed by atoms with Crippen LogP contribution in [0.5, 0.6) is 5.75 Å². The van der Waals surface area contributed by atoms with Gasteiger partial charge in [-0.25, -0.2) is 13.1 Å². The highest BCUT2D eigenvalue weighted by Gasteiger charge is 2.17. The second-order valence-electron chi connectivity index (χ2n) is 4.85. The van der Waals surface area contributed by atoms with Crippen LogP contribution in [0.15, 0.2) is 29.2 Å². The zero-order valence-electron chi connectivity index (χ0n) is 13.7. The van der Waals surface area contributed by atoms with Gasteiger partial charge in [-0.2, -0.15) is 0 Å². The molecule has 1 amide bonds. The lowest BCUT2D eigenvalue weighted by atomic mass is 10.3. The SMILES string of the molecule is CCOc1ccc(S(=O)(=O)NCCC(=O)N(CC)CC(=O)O)cc1. The van der Waals surface area contributed by atoms with Crippen LogP contribution in [0.1, 0.15) is 20.3 Å². The molecule has 0 unspecified atom stereocenters. The van der Waals surface area contributed by atoms with Gasteiger partial charge in [0.1, 0.15) is 12.3 Å². The number of ether oxygens (including phenoxy) is 1. The minimum atomic E-state index is -3.74. The van der Waals surface area contributed by atoms with Gasteiger partial charge in [-0.1, -0.05) is 0 Å². The maximum absolute atomic E-state index is 12.1. The van der Waals surface area contributed by atoms with E-state index in [1.165, 1.54) is 12.1 Å². The molecule has 0 heterocycles. The summed E-state index contributed by atoms with van der Waals surface area (Å²) in [6.45, 7) is 3.71. The fourth-order valence-electron chi connectivity index (χ4n) is 1.96. The van der Waals surface area contributed by atoms with Gasteiger partial charge in [0, 0.05) is 19.5 Å². The molecule has 134 valence electrons. The molecule has 9 heteroatoms. The molecule has 0 aromatic heterocycles. The molecule has 0 saturated carbocycles. The first kappa shape index (κ1) is 19.9. The first-order chi connectivity index (χ1) is 11.3. The molecule has 0 saturated heterocycles. The molecular weight excluding hydrogens is 336 g/mol. The summed E-state index contributed by atoms with van der Waals surface area (Å²) in [4.78, 5) is 23.7. The number of benzene rings is 1. The van der Waals surface area contributed by atoms with Crippen LogP contribution in [-0.2, 0) is 19.6 Å². The van der Waals surface area contributed by atoms with Gasteiger partial charge in [0.25, 0.3) is 0 Å². The second kappa shape index (κ2) is 9.24. The number of carboxylic acids is 1. The Hall–Kier alpha value is -2.13. The molecule has 0 aliphatic carbocycles. The predicted octanol–water partition coefficient (Wildman–Crippen LogP) is 0.687. The fraction of sp³-hybridized carbons (Fsp3) is 0.467. The monoisotopic (exact) mass is 358 g/mol. The number of carboxylic acid groups (broad SMARTS) is 1. The Labute approximate surface area is 141 Å². The summed E-state index contributed by atoms with van der Waals surface area (Å²) in [5.74, 6) is -0.964. The smallest absolute Gasteiger partial charge is 0.323 e. The van der Waals surface area contributed by atoms with E-state index in [2.05, 4.69) is 4.72 Å². The highest BCUT2D eigenvalue weighted by atomic mass is 32.2. The van der Waals surface area contributed by atoms with Crippen molar-refractivity contribution in [3.8, 4) is 5.75 Å². The number of hydrogen-bond acceptors (Lipinski definition) is 5. The minimum Gasteiger partial charge on any atom is -0.494 e. The zero-order chi connectivity index (χ0) is 18.2. The quantitative estimate of drug-likeness (QED) is 0.636. The van der Waals surface area contributed by atoms with Crippen LogP contribution in [0.2, 0.25) is 0 Å². The van der Waals surface area contributed by atoms with Crippen LogP contribution in [0.4, 0.5) is 0 Å². The molecule has 0 spiro atoms. The number of carbonyl (C=O) groups is 2. The fourth-order valence-corrected chi connectivity index (χ4v) is 2.99. The first-order valence-electron chi connectivity index (χ1n) is 7.52. The third-order valence-corrected chi connectivity index (χ3v) is 4.61. The lowest BCUT2D eigenvalue weighted by molar-refractivity contribution is -0.144. The molecule has 1 aromatic rings. The molecule has 2 N–H and O–H groups in total. The maximum Gasteiger partial charge on any atom is 0.323 e. The molecule has 0 bridgehead atoms. The van der Waals surface area contributed by atoms with Crippen LogP contribution in [0, 0.1) is 0 Å². The standard InChI is InChI=1S/C15H22N2O6S/c1-3-17(11-15(19)20)14(18)9-10-16-24(21,22)13-7-5-12(6-8-13)23-4-2/h5-8,16H,3-4,9-11H2,1-2H3,(H,19,20). The Morgan fingerprint density at radius 1 is 1.21 bits per heavy atom. The van der Waals surface area contributed by atoms with Crippen LogP contribution >= 0.6 is 0 Å². The average Bonchev–Trinajstić information content (AvgIpc) is 2.53. The van der Waals surface area contributed by atoms with Gasteiger partial charge in [0.2, 0.25) is 15.9 Å². The molecule has 0 aliphatic rings. The van der Waals surface area contributed by atoms with Crippen LogP contribution in [0.25, 0.3) is 0 Å². The lowest BCUT2D eigenvalue weighted by Gasteiger charge is -2.18. The van der Waals surface area contributed by atoms with Crippen molar-refractivity contribution >= 4 is 21.9 Å². The summed E-state index contributed by atoms with van der Waals surface area (Å²) in [5, 5.41) is 8.71. The van der Waals surface area contributed by atoms with E-state index in [9.17, 15) is 18.0 Å². The van der Waals surface area contributed by atoms with Crippen molar-refractivity contribution in [2.45, 2.75) is 25.2 Å². The van der Waals surface area contributed by atoms with Gasteiger partial charge >= 0.3 is 5.97 Å². The highest BCUT2D eigenvalue weighted by Crippen LogP contribution is 2.15. The van der Waals surface area contributed by atoms with Gasteiger partial charge in [-0.05, 0) is 38.1 Å². The van der Waals surface area contributed by atoms with E-state index in [1.54, 1.807) is 19.1 Å². The van der Waals surface area contributed by atoms with E-state index in [4.69, 9.17) is 9.84 Å². The molecule has 24 heavy (non-hydrogen) atoms. The van der Waals surface area contributed by atoms with Gasteiger partial charge in [0.15, 0.2) is 0 Å². The van der Waals surface area contributed by atoms with Crippen LogP contribution in [-0.4, -0.2) is 56.5 Å². The van der Waals surface area contributed by atoms with Crippen molar-refractivity contribution in [3.63, 3.8) is 0 Å². The Bertz CT molecular complexity index is 657. The highest BCUT2D eigenvalue weighted by molar-refractivity contribution is 7.89. The summed E-state index contributed by atoms with van der Waals surface area (Å²) < 4.78 is 31.8. The summed E-state index contributed by atoms with van der Waals surface area (Å²) in [7, 11) is -3.74. The second-order valence-corrected chi connectivity index (χ2v) is 6.62. The van der Waals surface area contributed by atoms with E-state index in [0.717, 1.165) is 4.90 Å². The molecule has 0 atom stereocenters. The molecule has 8 nitrogen and oxygen atoms in total. The Morgan fingerprint density at radius 2 is 1.83 bits per heavy atom. The van der Waals surface area contributed by atoms with Crippen molar-refractivity contribution < 1.29 is 27.9 Å². The number of nitrogens with zero attached hydrogens (tertiary/aromatic N) is 1. The van der Waals surface area contributed by atoms with Gasteiger partial charge < -0.3 is 14.7 Å². The van der Waals surface area contributed by atoms with Gasteiger partial charge in [-0.3, -0.25) is 9.59 Å². The average molecular weight is 358 g/mol. The first-order valence-corrected chi connectivity index (χ1v) is 9.00. The topological polar surface area (TPSA) is 113 Å². The third kappa shape index (κ3) is 6.17. The van der Waals surface area contributed by atoms with E-state index in [1.807, 2.05) is 6.92 Å². The van der Waals surface area contributed by atoms with Crippen molar-refractivity contribution in [3.05, 3.63) is 24.3 Å². The summed E-state index contributed by atoms with van der Waals surface area (Å²) in [5.41, 5.74) is 0.